The largest absolute Gasteiger partial charge is 0.377 e. The number of aromatic nitrogens is 2. The van der Waals surface area contributed by atoms with Crippen LogP contribution in [0, 0.1) is 12.7 Å². The van der Waals surface area contributed by atoms with Gasteiger partial charge in [-0.05, 0) is 42.8 Å². The molecule has 2 aromatic carbocycles. The minimum Gasteiger partial charge on any atom is -0.377 e. The predicted molar refractivity (Wildman–Crippen MR) is 82.0 cm³/mol. The molecule has 0 aliphatic carbocycles. The molecule has 0 radical (unpaired) electrons. The van der Waals surface area contributed by atoms with E-state index in [-0.39, 0.29) is 5.82 Å². The number of benzene rings is 2. The standard InChI is InChI=1S/C17H16FN3/c1-13-7-8-17(16(18)11-13)19-12-14-9-10-21(20-14)15-5-3-2-4-6-15/h2-11,19H,12H2,1H3. The number of halogens is 1. The smallest absolute Gasteiger partial charge is 0.146 e. The Labute approximate surface area is 123 Å². The van der Waals surface area contributed by atoms with Gasteiger partial charge in [-0.2, -0.15) is 5.10 Å². The highest BCUT2D eigenvalue weighted by Crippen LogP contribution is 2.16. The van der Waals surface area contributed by atoms with Crippen LogP contribution in [0.25, 0.3) is 5.69 Å². The van der Waals surface area contributed by atoms with Gasteiger partial charge >= 0.3 is 0 Å². The van der Waals surface area contributed by atoms with Crippen LogP contribution in [0.4, 0.5) is 10.1 Å². The molecule has 0 atom stereocenters. The molecule has 0 aliphatic heterocycles. The van der Waals surface area contributed by atoms with Crippen molar-refractivity contribution in [3.63, 3.8) is 0 Å². The fourth-order valence-electron chi connectivity index (χ4n) is 2.13. The molecular formula is C17H16FN3. The number of anilines is 1. The minimum atomic E-state index is -0.238. The summed E-state index contributed by atoms with van der Waals surface area (Å²) in [5.74, 6) is -0.238. The van der Waals surface area contributed by atoms with E-state index >= 15 is 0 Å². The first-order chi connectivity index (χ1) is 10.2. The monoisotopic (exact) mass is 281 g/mol. The lowest BCUT2D eigenvalue weighted by Gasteiger charge is -2.06. The fraction of sp³-hybridized carbons (Fsp3) is 0.118. The Balaban J connectivity index is 1.70. The van der Waals surface area contributed by atoms with Crippen LogP contribution >= 0.6 is 0 Å². The minimum absolute atomic E-state index is 0.238. The third-order valence-electron chi connectivity index (χ3n) is 3.25. The lowest BCUT2D eigenvalue weighted by atomic mass is 10.2. The van der Waals surface area contributed by atoms with Gasteiger partial charge < -0.3 is 5.32 Å². The van der Waals surface area contributed by atoms with Crippen molar-refractivity contribution in [2.45, 2.75) is 13.5 Å². The third kappa shape index (κ3) is 3.11. The van der Waals surface area contributed by atoms with Crippen LogP contribution in [0.2, 0.25) is 0 Å². The maximum absolute atomic E-state index is 13.7. The van der Waals surface area contributed by atoms with E-state index in [9.17, 15) is 4.39 Å². The molecule has 0 bridgehead atoms. The summed E-state index contributed by atoms with van der Waals surface area (Å²) in [6.07, 6.45) is 1.90. The highest BCUT2D eigenvalue weighted by Gasteiger charge is 2.04. The molecular weight excluding hydrogens is 265 g/mol. The molecule has 0 unspecified atom stereocenters. The van der Waals surface area contributed by atoms with E-state index in [4.69, 9.17) is 0 Å². The molecule has 0 aliphatic rings. The van der Waals surface area contributed by atoms with E-state index in [1.54, 1.807) is 6.07 Å². The number of nitrogens with zero attached hydrogens (tertiary/aromatic N) is 2. The summed E-state index contributed by atoms with van der Waals surface area (Å²) in [7, 11) is 0. The Morgan fingerprint density at radius 3 is 2.67 bits per heavy atom. The number of nitrogens with one attached hydrogen (secondary N) is 1. The molecule has 0 fully saturated rings. The zero-order valence-electron chi connectivity index (χ0n) is 11.8. The Kier molecular flexibility index (Phi) is 3.69. The SMILES string of the molecule is Cc1ccc(NCc2ccn(-c3ccccc3)n2)c(F)c1. The van der Waals surface area contributed by atoms with Crippen LogP contribution < -0.4 is 5.32 Å². The number of aryl methyl sites for hydroxylation is 1. The number of hydrogen-bond acceptors (Lipinski definition) is 2. The van der Waals surface area contributed by atoms with Crippen LogP contribution in [-0.4, -0.2) is 9.78 Å². The van der Waals surface area contributed by atoms with Crippen molar-refractivity contribution in [2.24, 2.45) is 0 Å². The Bertz CT molecular complexity index is 735. The summed E-state index contributed by atoms with van der Waals surface area (Å²) in [6, 6.07) is 17.0. The second-order valence-electron chi connectivity index (χ2n) is 4.92. The average molecular weight is 281 g/mol. The molecule has 0 amide bonds. The third-order valence-corrected chi connectivity index (χ3v) is 3.25. The highest BCUT2D eigenvalue weighted by molar-refractivity contribution is 5.46. The van der Waals surface area contributed by atoms with Gasteiger partial charge in [0.25, 0.3) is 0 Å². The first-order valence-corrected chi connectivity index (χ1v) is 6.82. The highest BCUT2D eigenvalue weighted by atomic mass is 19.1. The van der Waals surface area contributed by atoms with Crippen LogP contribution in [0.15, 0.2) is 60.8 Å². The Morgan fingerprint density at radius 2 is 1.90 bits per heavy atom. The molecule has 0 saturated heterocycles. The molecule has 3 nitrogen and oxygen atoms in total. The van der Waals surface area contributed by atoms with Gasteiger partial charge in [0.15, 0.2) is 0 Å². The van der Waals surface area contributed by atoms with E-state index in [2.05, 4.69) is 10.4 Å². The normalized spacial score (nSPS) is 10.6. The summed E-state index contributed by atoms with van der Waals surface area (Å²) in [5.41, 5.74) is 3.27. The van der Waals surface area contributed by atoms with Gasteiger partial charge in [-0.1, -0.05) is 24.3 Å². The van der Waals surface area contributed by atoms with Crippen molar-refractivity contribution in [3.05, 3.63) is 77.9 Å². The lowest BCUT2D eigenvalue weighted by molar-refractivity contribution is 0.628. The average Bonchev–Trinajstić information content (AvgIpc) is 2.96. The van der Waals surface area contributed by atoms with Crippen LogP contribution in [0.3, 0.4) is 0 Å². The van der Waals surface area contributed by atoms with Gasteiger partial charge in [0.2, 0.25) is 0 Å². The van der Waals surface area contributed by atoms with Crippen molar-refractivity contribution in [1.82, 2.24) is 9.78 Å². The van der Waals surface area contributed by atoms with Crippen molar-refractivity contribution in [2.75, 3.05) is 5.32 Å². The molecule has 0 spiro atoms. The lowest BCUT2D eigenvalue weighted by Crippen LogP contribution is -2.03. The zero-order valence-corrected chi connectivity index (χ0v) is 11.8. The molecule has 0 saturated carbocycles. The molecule has 106 valence electrons. The van der Waals surface area contributed by atoms with Gasteiger partial charge in [-0.3, -0.25) is 0 Å². The topological polar surface area (TPSA) is 29.9 Å². The van der Waals surface area contributed by atoms with E-state index in [1.165, 1.54) is 6.07 Å². The first kappa shape index (κ1) is 13.4. The number of para-hydroxylation sites is 1. The summed E-state index contributed by atoms with van der Waals surface area (Å²) in [6.45, 7) is 2.36. The van der Waals surface area contributed by atoms with E-state index < -0.39 is 0 Å². The van der Waals surface area contributed by atoms with Gasteiger partial charge in [0.1, 0.15) is 5.82 Å². The van der Waals surface area contributed by atoms with Crippen molar-refractivity contribution < 1.29 is 4.39 Å². The second-order valence-corrected chi connectivity index (χ2v) is 4.92. The zero-order chi connectivity index (χ0) is 14.7. The fourth-order valence-corrected chi connectivity index (χ4v) is 2.13. The quantitative estimate of drug-likeness (QED) is 0.785. The van der Waals surface area contributed by atoms with Crippen molar-refractivity contribution in [3.8, 4) is 5.69 Å². The summed E-state index contributed by atoms with van der Waals surface area (Å²) in [5, 5.41) is 7.54. The molecule has 3 rings (SSSR count). The summed E-state index contributed by atoms with van der Waals surface area (Å²) < 4.78 is 15.5. The van der Waals surface area contributed by atoms with Crippen LogP contribution in [-0.2, 0) is 6.54 Å². The van der Waals surface area contributed by atoms with Gasteiger partial charge in [-0.15, -0.1) is 0 Å². The maximum atomic E-state index is 13.7. The van der Waals surface area contributed by atoms with Gasteiger partial charge in [0, 0.05) is 6.20 Å². The maximum Gasteiger partial charge on any atom is 0.146 e. The predicted octanol–water partition coefficient (Wildman–Crippen LogP) is 3.93. The van der Waals surface area contributed by atoms with Gasteiger partial charge in [0.05, 0.1) is 23.6 Å². The van der Waals surface area contributed by atoms with Crippen LogP contribution in [0.1, 0.15) is 11.3 Å². The molecule has 1 heterocycles. The second kappa shape index (κ2) is 5.79. The van der Waals surface area contributed by atoms with E-state index in [0.29, 0.717) is 12.2 Å². The van der Waals surface area contributed by atoms with E-state index in [0.717, 1.165) is 16.9 Å². The Morgan fingerprint density at radius 1 is 1.10 bits per heavy atom. The molecule has 1 N–H and O–H groups in total. The number of rotatable bonds is 4. The Hall–Kier alpha value is -2.62. The molecule has 3 aromatic rings. The first-order valence-electron chi connectivity index (χ1n) is 6.82. The molecule has 4 heteroatoms. The molecule has 21 heavy (non-hydrogen) atoms. The van der Waals surface area contributed by atoms with Gasteiger partial charge in [-0.25, -0.2) is 9.07 Å². The van der Waals surface area contributed by atoms with Crippen LogP contribution in [0.5, 0.6) is 0 Å². The number of hydrogen-bond donors (Lipinski definition) is 1. The van der Waals surface area contributed by atoms with Crippen molar-refractivity contribution >= 4 is 5.69 Å². The summed E-state index contributed by atoms with van der Waals surface area (Å²) >= 11 is 0. The van der Waals surface area contributed by atoms with E-state index in [1.807, 2.05) is 60.3 Å². The van der Waals surface area contributed by atoms with Crippen molar-refractivity contribution in [1.29, 1.82) is 0 Å². The molecule has 1 aromatic heterocycles. The summed E-state index contributed by atoms with van der Waals surface area (Å²) in [4.78, 5) is 0.